The van der Waals surface area contributed by atoms with Crippen LogP contribution in [0.1, 0.15) is 51.4 Å². The summed E-state index contributed by atoms with van der Waals surface area (Å²) in [5.41, 5.74) is 0. The summed E-state index contributed by atoms with van der Waals surface area (Å²) in [6.45, 7) is 3.72. The van der Waals surface area contributed by atoms with E-state index >= 15 is 0 Å². The van der Waals surface area contributed by atoms with E-state index in [0.717, 1.165) is 19.3 Å². The number of benzene rings is 1. The van der Waals surface area contributed by atoms with Gasteiger partial charge in [-0.1, -0.05) is 56.4 Å². The number of unbranched alkanes of at least 4 members (excludes halogenated alkanes) is 7. The molecule has 0 aliphatic heterocycles. The molecule has 0 fully saturated rings. The van der Waals surface area contributed by atoms with E-state index < -0.39 is 7.37 Å². The lowest BCUT2D eigenvalue weighted by atomic mass is 10.1. The highest BCUT2D eigenvalue weighted by Crippen LogP contribution is 2.40. The highest BCUT2D eigenvalue weighted by molar-refractivity contribution is 7.66. The van der Waals surface area contributed by atoms with Gasteiger partial charge in [0.25, 0.3) is 0 Å². The lowest BCUT2D eigenvalue weighted by molar-refractivity contribution is 0.485. The van der Waals surface area contributed by atoms with Crippen LogP contribution in [0.15, 0.2) is 43.0 Å². The Morgan fingerprint density at radius 3 is 2.10 bits per heavy atom. The summed E-state index contributed by atoms with van der Waals surface area (Å²) in [6.07, 6.45) is 11.6. The van der Waals surface area contributed by atoms with Crippen LogP contribution in [0, 0.1) is 0 Å². The summed E-state index contributed by atoms with van der Waals surface area (Å²) >= 11 is 0. The van der Waals surface area contributed by atoms with E-state index in [-0.39, 0.29) is 0 Å². The molecule has 1 rings (SSSR count). The minimum Gasteiger partial charge on any atom is -0.341 e. The SMILES string of the molecule is C=CCCCCCCCCCP(=O)(O)c1ccccc1. The van der Waals surface area contributed by atoms with Crippen LogP contribution < -0.4 is 5.30 Å². The first-order chi connectivity index (χ1) is 9.67. The second-order valence-corrected chi connectivity index (χ2v) is 7.68. The first-order valence-corrected chi connectivity index (χ1v) is 9.49. The van der Waals surface area contributed by atoms with Crippen molar-refractivity contribution in [1.82, 2.24) is 0 Å². The van der Waals surface area contributed by atoms with Crippen LogP contribution in [0.2, 0.25) is 0 Å². The smallest absolute Gasteiger partial charge is 0.229 e. The maximum absolute atomic E-state index is 12.2. The second-order valence-electron chi connectivity index (χ2n) is 5.31. The van der Waals surface area contributed by atoms with Gasteiger partial charge in [0.2, 0.25) is 7.37 Å². The molecule has 0 aliphatic carbocycles. The number of hydrogen-bond acceptors (Lipinski definition) is 1. The van der Waals surface area contributed by atoms with Gasteiger partial charge in [0.1, 0.15) is 0 Å². The molecule has 1 unspecified atom stereocenters. The van der Waals surface area contributed by atoms with Gasteiger partial charge in [0, 0.05) is 11.5 Å². The van der Waals surface area contributed by atoms with Gasteiger partial charge in [-0.2, -0.15) is 0 Å². The van der Waals surface area contributed by atoms with Crippen molar-refractivity contribution in [3.63, 3.8) is 0 Å². The van der Waals surface area contributed by atoms with E-state index in [2.05, 4.69) is 6.58 Å². The summed E-state index contributed by atoms with van der Waals surface area (Å²) in [5, 5.41) is 0.587. The van der Waals surface area contributed by atoms with Crippen LogP contribution in [0.4, 0.5) is 0 Å². The fraction of sp³-hybridized carbons (Fsp3) is 0.529. The van der Waals surface area contributed by atoms with Crippen LogP contribution >= 0.6 is 7.37 Å². The Kier molecular flexibility index (Phi) is 8.57. The monoisotopic (exact) mass is 294 g/mol. The van der Waals surface area contributed by atoms with Gasteiger partial charge < -0.3 is 4.89 Å². The van der Waals surface area contributed by atoms with E-state index in [1.165, 1.54) is 32.1 Å². The molecule has 0 saturated heterocycles. The molecule has 1 N–H and O–H groups in total. The minimum atomic E-state index is -3.13. The molecule has 2 nitrogen and oxygen atoms in total. The maximum atomic E-state index is 12.2. The third-order valence-electron chi connectivity index (χ3n) is 3.53. The molecule has 1 atom stereocenters. The number of allylic oxidation sites excluding steroid dienone is 1. The molecule has 0 amide bonds. The van der Waals surface area contributed by atoms with Crippen LogP contribution in [0.5, 0.6) is 0 Å². The highest BCUT2D eigenvalue weighted by atomic mass is 31.2. The van der Waals surface area contributed by atoms with Crippen LogP contribution in [-0.2, 0) is 4.57 Å². The number of hydrogen-bond donors (Lipinski definition) is 1. The molecule has 0 bridgehead atoms. The molecular weight excluding hydrogens is 267 g/mol. The summed E-state index contributed by atoms with van der Waals surface area (Å²) in [5.74, 6) is 0. The highest BCUT2D eigenvalue weighted by Gasteiger charge is 2.19. The topological polar surface area (TPSA) is 37.3 Å². The van der Waals surface area contributed by atoms with Gasteiger partial charge in [-0.05, 0) is 31.4 Å². The Bertz CT molecular complexity index is 414. The van der Waals surface area contributed by atoms with Crippen molar-refractivity contribution in [3.05, 3.63) is 43.0 Å². The average molecular weight is 294 g/mol. The summed E-state index contributed by atoms with van der Waals surface area (Å²) in [4.78, 5) is 10.0. The van der Waals surface area contributed by atoms with E-state index in [1.807, 2.05) is 24.3 Å². The molecule has 0 heterocycles. The van der Waals surface area contributed by atoms with Crippen LogP contribution in [0.25, 0.3) is 0 Å². The largest absolute Gasteiger partial charge is 0.341 e. The minimum absolute atomic E-state index is 0.410. The van der Waals surface area contributed by atoms with E-state index in [1.54, 1.807) is 12.1 Å². The molecule has 1 aromatic rings. The first kappa shape index (κ1) is 17.2. The Hall–Kier alpha value is -0.850. The molecule has 3 heteroatoms. The average Bonchev–Trinajstić information content (AvgIpc) is 2.46. The van der Waals surface area contributed by atoms with Gasteiger partial charge in [0.05, 0.1) is 0 Å². The maximum Gasteiger partial charge on any atom is 0.229 e. The van der Waals surface area contributed by atoms with Gasteiger partial charge in [-0.15, -0.1) is 6.58 Å². The zero-order valence-corrected chi connectivity index (χ0v) is 13.2. The van der Waals surface area contributed by atoms with Crippen LogP contribution in [-0.4, -0.2) is 11.1 Å². The molecule has 1 aromatic carbocycles. The van der Waals surface area contributed by atoms with Crippen molar-refractivity contribution in [2.24, 2.45) is 0 Å². The lowest BCUT2D eigenvalue weighted by Gasteiger charge is -2.11. The summed E-state index contributed by atoms with van der Waals surface area (Å²) in [7, 11) is -3.13. The van der Waals surface area contributed by atoms with Crippen molar-refractivity contribution in [3.8, 4) is 0 Å². The predicted molar refractivity (Wildman–Crippen MR) is 87.9 cm³/mol. The molecule has 20 heavy (non-hydrogen) atoms. The zero-order chi connectivity index (χ0) is 14.7. The third kappa shape index (κ3) is 7.07. The normalized spacial score (nSPS) is 13.8. The van der Waals surface area contributed by atoms with Crippen molar-refractivity contribution in [2.45, 2.75) is 51.4 Å². The fourth-order valence-electron chi connectivity index (χ4n) is 2.29. The van der Waals surface area contributed by atoms with Crippen molar-refractivity contribution < 1.29 is 9.46 Å². The quantitative estimate of drug-likeness (QED) is 0.358. The van der Waals surface area contributed by atoms with Gasteiger partial charge >= 0.3 is 0 Å². The Morgan fingerprint density at radius 2 is 1.50 bits per heavy atom. The molecule has 0 radical (unpaired) electrons. The van der Waals surface area contributed by atoms with Gasteiger partial charge in [-0.25, -0.2) is 0 Å². The van der Waals surface area contributed by atoms with Gasteiger partial charge in [0.15, 0.2) is 0 Å². The Labute approximate surface area is 123 Å². The molecular formula is C17H27O2P. The van der Waals surface area contributed by atoms with E-state index in [9.17, 15) is 9.46 Å². The molecule has 0 spiro atoms. The first-order valence-electron chi connectivity index (χ1n) is 7.65. The lowest BCUT2D eigenvalue weighted by Crippen LogP contribution is -2.06. The van der Waals surface area contributed by atoms with Crippen molar-refractivity contribution in [2.75, 3.05) is 6.16 Å². The number of rotatable bonds is 11. The van der Waals surface area contributed by atoms with Crippen molar-refractivity contribution in [1.29, 1.82) is 0 Å². The van der Waals surface area contributed by atoms with Crippen molar-refractivity contribution >= 4 is 12.7 Å². The molecule has 0 saturated carbocycles. The Morgan fingerprint density at radius 1 is 0.950 bits per heavy atom. The molecule has 0 aromatic heterocycles. The molecule has 112 valence electrons. The summed E-state index contributed by atoms with van der Waals surface area (Å²) < 4.78 is 12.2. The fourth-order valence-corrected chi connectivity index (χ4v) is 3.84. The summed E-state index contributed by atoms with van der Waals surface area (Å²) in [6, 6.07) is 9.01. The zero-order valence-electron chi connectivity index (χ0n) is 12.3. The standard InChI is InChI=1S/C17H27O2P/c1-2-3-4-5-6-7-8-9-13-16-20(18,19)17-14-11-10-12-15-17/h2,10-12,14-15H,1,3-9,13,16H2,(H,18,19). The third-order valence-corrected chi connectivity index (χ3v) is 5.56. The van der Waals surface area contributed by atoms with E-state index in [0.29, 0.717) is 11.5 Å². The Balaban J connectivity index is 2.09. The van der Waals surface area contributed by atoms with Gasteiger partial charge in [-0.3, -0.25) is 4.57 Å². The van der Waals surface area contributed by atoms with Crippen LogP contribution in [0.3, 0.4) is 0 Å². The predicted octanol–water partition coefficient (Wildman–Crippen LogP) is 4.89. The van der Waals surface area contributed by atoms with E-state index in [4.69, 9.17) is 0 Å². The second kappa shape index (κ2) is 9.96. The molecule has 0 aliphatic rings.